The molecule has 0 N–H and O–H groups in total. The molecule has 0 bridgehead atoms. The highest BCUT2D eigenvalue weighted by atomic mass is 16.5. The highest BCUT2D eigenvalue weighted by molar-refractivity contribution is 5.93. The molecule has 4 rings (SSSR count). The second-order valence-electron chi connectivity index (χ2n) is 7.95. The number of ether oxygens (including phenoxy) is 2. The number of fused-ring (bicyclic) bond motifs is 1. The van der Waals surface area contributed by atoms with E-state index < -0.39 is 0 Å². The van der Waals surface area contributed by atoms with Crippen molar-refractivity contribution in [2.24, 2.45) is 0 Å². The smallest absolute Gasteiger partial charge is 0.119 e. The van der Waals surface area contributed by atoms with Gasteiger partial charge in [-0.15, -0.1) is 0 Å². The van der Waals surface area contributed by atoms with E-state index in [1.54, 1.807) is 0 Å². The average Bonchev–Trinajstić information content (AvgIpc) is 2.89. The minimum absolute atomic E-state index is 0.724. The molecule has 2 heteroatoms. The molecule has 0 saturated heterocycles. The predicted molar refractivity (Wildman–Crippen MR) is 140 cm³/mol. The topological polar surface area (TPSA) is 18.5 Å². The standard InChI is InChI=1S/C32H28O2/c1-3-23-33-30-19-13-25(14-20-30)11-17-28-9-5-7-27-8-6-10-29(32(27)28)18-12-26-15-21-31(22-16-26)34-24-4-2/h5-10,13-16,19-22H,3-4,23-24H2,1-2H3. The fourth-order valence-electron chi connectivity index (χ4n) is 3.54. The highest BCUT2D eigenvalue weighted by Gasteiger charge is 2.03. The minimum Gasteiger partial charge on any atom is -0.494 e. The van der Waals surface area contributed by atoms with Crippen molar-refractivity contribution in [3.63, 3.8) is 0 Å². The van der Waals surface area contributed by atoms with Crippen LogP contribution < -0.4 is 9.47 Å². The normalized spacial score (nSPS) is 10.1. The summed E-state index contributed by atoms with van der Waals surface area (Å²) in [4.78, 5) is 0. The van der Waals surface area contributed by atoms with Crippen molar-refractivity contribution in [2.45, 2.75) is 26.7 Å². The molecule has 0 saturated carbocycles. The largest absolute Gasteiger partial charge is 0.494 e. The Hall–Kier alpha value is -4.14. The van der Waals surface area contributed by atoms with Gasteiger partial charge >= 0.3 is 0 Å². The summed E-state index contributed by atoms with van der Waals surface area (Å²) in [6.45, 7) is 5.65. The van der Waals surface area contributed by atoms with Crippen molar-refractivity contribution in [1.29, 1.82) is 0 Å². The Morgan fingerprint density at radius 3 is 1.38 bits per heavy atom. The molecule has 0 unspecified atom stereocenters. The number of rotatable bonds is 6. The van der Waals surface area contributed by atoms with Gasteiger partial charge in [-0.1, -0.05) is 61.8 Å². The van der Waals surface area contributed by atoms with Gasteiger partial charge < -0.3 is 9.47 Å². The van der Waals surface area contributed by atoms with Crippen LogP contribution in [0.3, 0.4) is 0 Å². The Labute approximate surface area is 202 Å². The first-order valence-corrected chi connectivity index (χ1v) is 11.8. The molecule has 0 aliphatic heterocycles. The predicted octanol–water partition coefficient (Wildman–Crippen LogP) is 7.22. The first-order chi connectivity index (χ1) is 16.8. The van der Waals surface area contributed by atoms with Crippen molar-refractivity contribution in [2.75, 3.05) is 13.2 Å². The van der Waals surface area contributed by atoms with E-state index in [0.29, 0.717) is 0 Å². The van der Waals surface area contributed by atoms with Crippen LogP contribution in [0.15, 0.2) is 84.9 Å². The molecule has 0 spiro atoms. The third-order valence-corrected chi connectivity index (χ3v) is 5.24. The summed E-state index contributed by atoms with van der Waals surface area (Å²) in [5.41, 5.74) is 3.85. The molecular weight excluding hydrogens is 416 g/mol. The van der Waals surface area contributed by atoms with Gasteiger partial charge in [0, 0.05) is 27.6 Å². The zero-order valence-corrected chi connectivity index (χ0v) is 19.7. The van der Waals surface area contributed by atoms with Crippen LogP contribution in [0.4, 0.5) is 0 Å². The van der Waals surface area contributed by atoms with Crippen LogP contribution in [-0.2, 0) is 0 Å². The maximum atomic E-state index is 5.66. The van der Waals surface area contributed by atoms with Crippen molar-refractivity contribution in [3.8, 4) is 35.2 Å². The van der Waals surface area contributed by atoms with Crippen LogP contribution in [0.1, 0.15) is 48.9 Å². The van der Waals surface area contributed by atoms with Crippen LogP contribution in [0.25, 0.3) is 10.8 Å². The van der Waals surface area contributed by atoms with Gasteiger partial charge in [0.25, 0.3) is 0 Å². The lowest BCUT2D eigenvalue weighted by molar-refractivity contribution is 0.317. The van der Waals surface area contributed by atoms with Gasteiger partial charge in [0.05, 0.1) is 13.2 Å². The summed E-state index contributed by atoms with van der Waals surface area (Å²) >= 11 is 0. The van der Waals surface area contributed by atoms with E-state index in [-0.39, 0.29) is 0 Å². The molecule has 0 amide bonds. The Bertz CT molecular complexity index is 1250. The lowest BCUT2D eigenvalue weighted by Crippen LogP contribution is -1.94. The lowest BCUT2D eigenvalue weighted by atomic mass is 9.99. The van der Waals surface area contributed by atoms with Crippen molar-refractivity contribution >= 4 is 10.8 Å². The minimum atomic E-state index is 0.724. The van der Waals surface area contributed by atoms with E-state index in [2.05, 4.69) is 61.8 Å². The monoisotopic (exact) mass is 444 g/mol. The summed E-state index contributed by atoms with van der Waals surface area (Å²) in [5.74, 6) is 15.0. The van der Waals surface area contributed by atoms with Crippen LogP contribution in [0.5, 0.6) is 11.5 Å². The number of benzene rings is 4. The molecule has 168 valence electrons. The summed E-state index contributed by atoms with van der Waals surface area (Å²) in [6, 6.07) is 28.3. The first-order valence-electron chi connectivity index (χ1n) is 11.8. The molecule has 4 aromatic carbocycles. The Kier molecular flexibility index (Phi) is 7.89. The zero-order valence-electron chi connectivity index (χ0n) is 19.7. The van der Waals surface area contributed by atoms with Crippen molar-refractivity contribution in [3.05, 3.63) is 107 Å². The number of hydrogen-bond donors (Lipinski definition) is 0. The van der Waals surface area contributed by atoms with Crippen molar-refractivity contribution in [1.82, 2.24) is 0 Å². The van der Waals surface area contributed by atoms with Gasteiger partial charge in [-0.05, 0) is 78.9 Å². The van der Waals surface area contributed by atoms with E-state index in [1.165, 1.54) is 0 Å². The maximum Gasteiger partial charge on any atom is 0.119 e. The lowest BCUT2D eigenvalue weighted by Gasteiger charge is -2.05. The summed E-state index contributed by atoms with van der Waals surface area (Å²) in [5, 5.41) is 2.21. The van der Waals surface area contributed by atoms with Crippen LogP contribution in [-0.4, -0.2) is 13.2 Å². The second-order valence-corrected chi connectivity index (χ2v) is 7.95. The van der Waals surface area contributed by atoms with Crippen LogP contribution >= 0.6 is 0 Å². The molecular formula is C32H28O2. The third-order valence-electron chi connectivity index (χ3n) is 5.24. The molecule has 0 atom stereocenters. The fraction of sp³-hybridized carbons (Fsp3) is 0.188. The molecule has 0 aliphatic carbocycles. The quantitative estimate of drug-likeness (QED) is 0.292. The molecule has 0 fully saturated rings. The molecule has 0 heterocycles. The van der Waals surface area contributed by atoms with Crippen LogP contribution in [0, 0.1) is 23.7 Å². The molecule has 2 nitrogen and oxygen atoms in total. The van der Waals surface area contributed by atoms with E-state index in [9.17, 15) is 0 Å². The van der Waals surface area contributed by atoms with Gasteiger partial charge in [-0.3, -0.25) is 0 Å². The SMILES string of the molecule is CCCOc1ccc(C#Cc2cccc3cccc(C#Cc4ccc(OCCC)cc4)c23)cc1. The average molecular weight is 445 g/mol. The van der Waals surface area contributed by atoms with E-state index in [1.807, 2.05) is 60.7 Å². The summed E-state index contributed by atoms with van der Waals surface area (Å²) in [6.07, 6.45) is 1.99. The molecule has 0 aromatic heterocycles. The van der Waals surface area contributed by atoms with E-state index >= 15 is 0 Å². The maximum absolute atomic E-state index is 5.66. The molecule has 4 aromatic rings. The Balaban J connectivity index is 1.62. The summed E-state index contributed by atoms with van der Waals surface area (Å²) < 4.78 is 11.3. The van der Waals surface area contributed by atoms with Crippen LogP contribution in [0.2, 0.25) is 0 Å². The molecule has 34 heavy (non-hydrogen) atoms. The van der Waals surface area contributed by atoms with Gasteiger partial charge in [0.1, 0.15) is 11.5 Å². The molecule has 0 radical (unpaired) electrons. The van der Waals surface area contributed by atoms with Crippen molar-refractivity contribution < 1.29 is 9.47 Å². The molecule has 0 aliphatic rings. The summed E-state index contributed by atoms with van der Waals surface area (Å²) in [7, 11) is 0. The van der Waals surface area contributed by atoms with Gasteiger partial charge in [0.2, 0.25) is 0 Å². The van der Waals surface area contributed by atoms with Gasteiger partial charge in [-0.25, -0.2) is 0 Å². The van der Waals surface area contributed by atoms with Gasteiger partial charge in [0.15, 0.2) is 0 Å². The van der Waals surface area contributed by atoms with E-state index in [4.69, 9.17) is 9.47 Å². The first kappa shape index (κ1) is 23.0. The van der Waals surface area contributed by atoms with E-state index in [0.717, 1.165) is 70.6 Å². The fourth-order valence-corrected chi connectivity index (χ4v) is 3.54. The highest BCUT2D eigenvalue weighted by Crippen LogP contribution is 2.23. The number of hydrogen-bond acceptors (Lipinski definition) is 2. The second kappa shape index (κ2) is 11.6. The Morgan fingerprint density at radius 1 is 0.529 bits per heavy atom. The van der Waals surface area contributed by atoms with Gasteiger partial charge in [-0.2, -0.15) is 0 Å². The zero-order chi connectivity index (χ0) is 23.6. The third kappa shape index (κ3) is 6.00. The Morgan fingerprint density at radius 2 is 0.971 bits per heavy atom.